The van der Waals surface area contributed by atoms with Gasteiger partial charge in [-0.05, 0) is 0 Å². The molecule has 1 aliphatic rings. The number of benzene rings is 1. The average molecular weight is 272 g/mol. The molecule has 2 N–H and O–H groups in total. The van der Waals surface area contributed by atoms with Gasteiger partial charge >= 0.3 is 0 Å². The van der Waals surface area contributed by atoms with Gasteiger partial charge in [0.05, 0.1) is 6.42 Å². The summed E-state index contributed by atoms with van der Waals surface area (Å²) >= 11 is 0. The van der Waals surface area contributed by atoms with Gasteiger partial charge in [-0.1, -0.05) is 30.3 Å². The molecule has 0 aliphatic carbocycles. The minimum atomic E-state index is -1.85. The number of Topliss-reactive ketones (excluding diaryl/α,β-unsaturated/α-hetero) is 2. The molecule has 0 amide bonds. The summed E-state index contributed by atoms with van der Waals surface area (Å²) in [5, 5.41) is 8.86. The van der Waals surface area contributed by atoms with Crippen LogP contribution in [0.1, 0.15) is 16.8 Å². The predicted molar refractivity (Wildman–Crippen MR) is 68.0 cm³/mol. The topological polar surface area (TPSA) is 102 Å². The molecule has 0 saturated carbocycles. The average Bonchev–Trinajstić information content (AvgIpc) is 2.71. The Morgan fingerprint density at radius 1 is 1.45 bits per heavy atom. The zero-order valence-corrected chi connectivity index (χ0v) is 10.8. The number of ketones is 2. The third-order valence-corrected chi connectivity index (χ3v) is 3.02. The minimum absolute atomic E-state index is 0.319. The van der Waals surface area contributed by atoms with Crippen LogP contribution in [0.25, 0.3) is 0 Å². The molecule has 1 atom stereocenters. The zero-order valence-electron chi connectivity index (χ0n) is 10.8. The molecule has 1 unspecified atom stereocenters. The molecule has 2 rings (SSSR count). The fourth-order valence-electron chi connectivity index (χ4n) is 1.94. The van der Waals surface area contributed by atoms with Crippen molar-refractivity contribution in [3.05, 3.63) is 47.4 Å². The lowest BCUT2D eigenvalue weighted by atomic mass is 9.98. The number of nitrogens with zero attached hydrogens (tertiary/aromatic N) is 1. The molecule has 6 heteroatoms. The molecule has 0 saturated heterocycles. The molecule has 0 bridgehead atoms. The molecule has 0 aromatic heterocycles. The Hall–Kier alpha value is -2.65. The number of hydrogen-bond acceptors (Lipinski definition) is 6. The fraction of sp³-hybridized carbons (Fsp3) is 0.214. The Balaban J connectivity index is 2.26. The van der Waals surface area contributed by atoms with Crippen molar-refractivity contribution in [2.75, 3.05) is 7.11 Å². The maximum atomic E-state index is 12.2. The largest absolute Gasteiger partial charge is 0.438 e. The molecule has 102 valence electrons. The summed E-state index contributed by atoms with van der Waals surface area (Å²) < 4.78 is 10.2. The van der Waals surface area contributed by atoms with Gasteiger partial charge in [-0.25, -0.2) is 0 Å². The standard InChI is InChI=1S/C14H12N2O4/c1-19-14(12(18)10(8-15)13(16)20-14)7-11(17)9-5-3-2-4-6-9/h2-6H,7,16H2,1H3. The Kier molecular flexibility index (Phi) is 3.55. The monoisotopic (exact) mass is 272 g/mol. The highest BCUT2D eigenvalue weighted by Gasteiger charge is 2.51. The van der Waals surface area contributed by atoms with Crippen LogP contribution < -0.4 is 5.73 Å². The second kappa shape index (κ2) is 5.15. The first-order valence-electron chi connectivity index (χ1n) is 5.81. The quantitative estimate of drug-likeness (QED) is 0.817. The van der Waals surface area contributed by atoms with Crippen molar-refractivity contribution in [1.29, 1.82) is 5.26 Å². The minimum Gasteiger partial charge on any atom is -0.438 e. The molecule has 1 aromatic carbocycles. The summed E-state index contributed by atoms with van der Waals surface area (Å²) in [6, 6.07) is 10.1. The van der Waals surface area contributed by atoms with Crippen LogP contribution in [0.4, 0.5) is 0 Å². The van der Waals surface area contributed by atoms with E-state index >= 15 is 0 Å². The van der Waals surface area contributed by atoms with Gasteiger partial charge in [0.25, 0.3) is 11.6 Å². The van der Waals surface area contributed by atoms with E-state index in [1.165, 1.54) is 7.11 Å². The second-order valence-corrected chi connectivity index (χ2v) is 4.21. The molecule has 0 radical (unpaired) electrons. The normalized spacial score (nSPS) is 21.5. The number of methoxy groups -OCH3 is 1. The van der Waals surface area contributed by atoms with Gasteiger partial charge in [-0.15, -0.1) is 0 Å². The molecule has 1 aliphatic heterocycles. The number of nitrogens with two attached hydrogens (primary N) is 1. The van der Waals surface area contributed by atoms with Gasteiger partial charge in [-0.2, -0.15) is 5.26 Å². The van der Waals surface area contributed by atoms with Gasteiger partial charge in [0.15, 0.2) is 11.4 Å². The van der Waals surface area contributed by atoms with Gasteiger partial charge in [-0.3, -0.25) is 9.59 Å². The zero-order chi connectivity index (χ0) is 14.8. The lowest BCUT2D eigenvalue weighted by Gasteiger charge is -2.24. The van der Waals surface area contributed by atoms with E-state index < -0.39 is 11.6 Å². The molecule has 0 fully saturated rings. The number of rotatable bonds is 4. The number of carbonyl (C=O) groups is 2. The highest BCUT2D eigenvalue weighted by Crippen LogP contribution is 2.32. The van der Waals surface area contributed by atoms with Crippen molar-refractivity contribution in [1.82, 2.24) is 0 Å². The van der Waals surface area contributed by atoms with Gasteiger partial charge < -0.3 is 15.2 Å². The van der Waals surface area contributed by atoms with Crippen molar-refractivity contribution in [3.8, 4) is 6.07 Å². The Morgan fingerprint density at radius 3 is 2.60 bits per heavy atom. The van der Waals surface area contributed by atoms with Crippen molar-refractivity contribution in [3.63, 3.8) is 0 Å². The third-order valence-electron chi connectivity index (χ3n) is 3.02. The first kappa shape index (κ1) is 13.8. The van der Waals surface area contributed by atoms with E-state index in [0.717, 1.165) is 0 Å². The smallest absolute Gasteiger partial charge is 0.284 e. The van der Waals surface area contributed by atoms with Crippen LogP contribution in [0, 0.1) is 11.3 Å². The first-order chi connectivity index (χ1) is 9.54. The number of nitriles is 1. The van der Waals surface area contributed by atoms with Crippen molar-refractivity contribution in [2.45, 2.75) is 12.2 Å². The third kappa shape index (κ3) is 2.15. The predicted octanol–water partition coefficient (Wildman–Crippen LogP) is 0.895. The van der Waals surface area contributed by atoms with Crippen molar-refractivity contribution < 1.29 is 19.1 Å². The maximum Gasteiger partial charge on any atom is 0.284 e. The van der Waals surface area contributed by atoms with Gasteiger partial charge in [0.1, 0.15) is 6.07 Å². The van der Waals surface area contributed by atoms with Crippen molar-refractivity contribution >= 4 is 11.6 Å². The lowest BCUT2D eigenvalue weighted by molar-refractivity contribution is -0.188. The van der Waals surface area contributed by atoms with Gasteiger partial charge in [0.2, 0.25) is 5.88 Å². The number of ether oxygens (including phenoxy) is 2. The number of carbonyl (C=O) groups excluding carboxylic acids is 2. The van der Waals surface area contributed by atoms with Crippen LogP contribution in [-0.4, -0.2) is 24.5 Å². The summed E-state index contributed by atoms with van der Waals surface area (Å²) in [6.45, 7) is 0. The van der Waals surface area contributed by atoms with Gasteiger partial charge in [0, 0.05) is 12.7 Å². The highest BCUT2D eigenvalue weighted by atomic mass is 16.7. The van der Waals surface area contributed by atoms with E-state index in [1.807, 2.05) is 0 Å². The molecular weight excluding hydrogens is 260 g/mol. The van der Waals surface area contributed by atoms with Crippen LogP contribution in [0.3, 0.4) is 0 Å². The van der Waals surface area contributed by atoms with E-state index in [-0.39, 0.29) is 23.7 Å². The van der Waals surface area contributed by atoms with E-state index in [9.17, 15) is 9.59 Å². The Labute approximate surface area is 115 Å². The molecule has 1 heterocycles. The summed E-state index contributed by atoms with van der Waals surface area (Å²) in [4.78, 5) is 24.3. The summed E-state index contributed by atoms with van der Waals surface area (Å²) in [6.07, 6.45) is -0.349. The Morgan fingerprint density at radius 2 is 2.10 bits per heavy atom. The Bertz CT molecular complexity index is 630. The highest BCUT2D eigenvalue weighted by molar-refractivity contribution is 6.10. The van der Waals surface area contributed by atoms with Crippen molar-refractivity contribution in [2.24, 2.45) is 5.73 Å². The van der Waals surface area contributed by atoms with E-state index in [1.54, 1.807) is 36.4 Å². The van der Waals surface area contributed by atoms with Crippen LogP contribution in [0.15, 0.2) is 41.8 Å². The molecule has 0 spiro atoms. The molecule has 6 nitrogen and oxygen atoms in total. The first-order valence-corrected chi connectivity index (χ1v) is 5.81. The van der Waals surface area contributed by atoms with Crippen LogP contribution in [0.5, 0.6) is 0 Å². The molecular formula is C14H12N2O4. The maximum absolute atomic E-state index is 12.2. The second-order valence-electron chi connectivity index (χ2n) is 4.21. The molecule has 20 heavy (non-hydrogen) atoms. The van der Waals surface area contributed by atoms with E-state index in [2.05, 4.69) is 0 Å². The summed E-state index contributed by atoms with van der Waals surface area (Å²) in [5.41, 5.74) is 5.56. The fourth-order valence-corrected chi connectivity index (χ4v) is 1.94. The van der Waals surface area contributed by atoms with Crippen LogP contribution in [-0.2, 0) is 14.3 Å². The van der Waals surface area contributed by atoms with Crippen LogP contribution in [0.2, 0.25) is 0 Å². The van der Waals surface area contributed by atoms with Crippen LogP contribution >= 0.6 is 0 Å². The molecule has 1 aromatic rings. The van der Waals surface area contributed by atoms with E-state index in [0.29, 0.717) is 5.56 Å². The SMILES string of the molecule is COC1(CC(=O)c2ccccc2)OC(N)=C(C#N)C1=O. The van der Waals surface area contributed by atoms with E-state index in [4.69, 9.17) is 20.5 Å². The summed E-state index contributed by atoms with van der Waals surface area (Å²) in [5.74, 6) is -3.24. The summed E-state index contributed by atoms with van der Waals surface area (Å²) in [7, 11) is 1.23. The number of hydrogen-bond donors (Lipinski definition) is 1. The lowest BCUT2D eigenvalue weighted by Crippen LogP contribution is -2.42.